The van der Waals surface area contributed by atoms with E-state index in [0.717, 1.165) is 0 Å². The Hall–Kier alpha value is -1.10. The van der Waals surface area contributed by atoms with Gasteiger partial charge in [-0.25, -0.2) is 10.5 Å². The molecular formula is C5H8N2O3. The molecule has 1 heterocycles. The molecule has 0 aliphatic carbocycles. The Labute approximate surface area is 57.7 Å². The average molecular weight is 144 g/mol. The number of aliphatic imine (C=N–C) groups is 1. The summed E-state index contributed by atoms with van der Waals surface area (Å²) in [4.78, 5) is 14.3. The Morgan fingerprint density at radius 3 is 3.10 bits per heavy atom. The van der Waals surface area contributed by atoms with Crippen molar-refractivity contribution in [3.8, 4) is 0 Å². The molecule has 0 aromatic heterocycles. The first-order valence-corrected chi connectivity index (χ1v) is 2.89. The van der Waals surface area contributed by atoms with Crippen LogP contribution in [0.25, 0.3) is 0 Å². The second-order valence-corrected chi connectivity index (χ2v) is 2.02. The fraction of sp³-hybridized carbons (Fsp3) is 0.600. The Morgan fingerprint density at radius 1 is 2.00 bits per heavy atom. The highest BCUT2D eigenvalue weighted by Gasteiger charge is 2.20. The van der Waals surface area contributed by atoms with Crippen molar-refractivity contribution in [1.29, 1.82) is 0 Å². The number of carbonyl (C=O) groups excluding carboxylic acids is 1. The maximum absolute atomic E-state index is 10.5. The van der Waals surface area contributed by atoms with E-state index < -0.39 is 5.91 Å². The van der Waals surface area contributed by atoms with Crippen LogP contribution >= 0.6 is 0 Å². The van der Waals surface area contributed by atoms with Gasteiger partial charge in [0.1, 0.15) is 6.10 Å². The molecule has 1 unspecified atom stereocenters. The van der Waals surface area contributed by atoms with E-state index in [-0.39, 0.29) is 12.0 Å². The van der Waals surface area contributed by atoms with Gasteiger partial charge in [0.15, 0.2) is 0 Å². The summed E-state index contributed by atoms with van der Waals surface area (Å²) < 4.78 is 4.89. The number of hydroxylamine groups is 1. The number of hydrogen-bond acceptors (Lipinski definition) is 4. The summed E-state index contributed by atoms with van der Waals surface area (Å²) in [6.45, 7) is 2.27. The Bertz CT molecular complexity index is 178. The number of nitrogens with zero attached hydrogens (tertiary/aromatic N) is 1. The van der Waals surface area contributed by atoms with Gasteiger partial charge in [0.25, 0.3) is 5.90 Å². The minimum atomic E-state index is -0.690. The number of rotatable bonds is 1. The van der Waals surface area contributed by atoms with Crippen LogP contribution in [0.3, 0.4) is 0 Å². The summed E-state index contributed by atoms with van der Waals surface area (Å²) >= 11 is 0. The number of ether oxygens (including phenoxy) is 1. The van der Waals surface area contributed by atoms with Crippen molar-refractivity contribution in [1.82, 2.24) is 5.48 Å². The van der Waals surface area contributed by atoms with Gasteiger partial charge < -0.3 is 4.74 Å². The lowest BCUT2D eigenvalue weighted by atomic mass is 10.4. The van der Waals surface area contributed by atoms with Crippen molar-refractivity contribution in [3.05, 3.63) is 0 Å². The SMILES string of the molecule is CC1CN=C(C(=O)NO)O1. The van der Waals surface area contributed by atoms with Crippen LogP contribution in [0.15, 0.2) is 4.99 Å². The fourth-order valence-electron chi connectivity index (χ4n) is 0.650. The molecule has 0 radical (unpaired) electrons. The van der Waals surface area contributed by atoms with E-state index in [2.05, 4.69) is 4.99 Å². The van der Waals surface area contributed by atoms with Crippen LogP contribution in [0.2, 0.25) is 0 Å². The molecule has 0 saturated carbocycles. The summed E-state index contributed by atoms with van der Waals surface area (Å²) in [7, 11) is 0. The van der Waals surface area contributed by atoms with Gasteiger partial charge >= 0.3 is 5.91 Å². The zero-order valence-corrected chi connectivity index (χ0v) is 5.50. The lowest BCUT2D eigenvalue weighted by molar-refractivity contribution is -0.123. The summed E-state index contributed by atoms with van der Waals surface area (Å²) in [5, 5.41) is 8.12. The van der Waals surface area contributed by atoms with E-state index >= 15 is 0 Å². The van der Waals surface area contributed by atoms with Gasteiger partial charge in [-0.05, 0) is 6.92 Å². The lowest BCUT2D eigenvalue weighted by Gasteiger charge is -2.01. The number of carbonyl (C=O) groups is 1. The molecule has 1 rings (SSSR count). The molecule has 0 spiro atoms. The molecule has 0 aromatic rings. The molecular weight excluding hydrogens is 136 g/mol. The molecule has 1 amide bonds. The van der Waals surface area contributed by atoms with Gasteiger partial charge in [0.05, 0.1) is 6.54 Å². The molecule has 1 atom stereocenters. The van der Waals surface area contributed by atoms with Crippen molar-refractivity contribution in [2.45, 2.75) is 13.0 Å². The van der Waals surface area contributed by atoms with Crippen LogP contribution in [0.5, 0.6) is 0 Å². The maximum Gasteiger partial charge on any atom is 0.329 e. The lowest BCUT2D eigenvalue weighted by Crippen LogP contribution is -2.29. The molecule has 2 N–H and O–H groups in total. The quantitative estimate of drug-likeness (QED) is 0.378. The van der Waals surface area contributed by atoms with E-state index in [1.165, 1.54) is 5.48 Å². The fourth-order valence-corrected chi connectivity index (χ4v) is 0.650. The summed E-state index contributed by atoms with van der Waals surface area (Å²) in [6.07, 6.45) is -0.0627. The van der Waals surface area contributed by atoms with Crippen LogP contribution < -0.4 is 5.48 Å². The third kappa shape index (κ3) is 1.24. The standard InChI is InChI=1S/C5H8N2O3/c1-3-2-6-5(10-3)4(8)7-9/h3,9H,2H2,1H3,(H,7,8). The van der Waals surface area contributed by atoms with Crippen LogP contribution in [-0.4, -0.2) is 29.7 Å². The van der Waals surface area contributed by atoms with Gasteiger partial charge in [-0.1, -0.05) is 0 Å². The zero-order chi connectivity index (χ0) is 7.56. The van der Waals surface area contributed by atoms with Gasteiger partial charge in [-0.3, -0.25) is 10.0 Å². The van der Waals surface area contributed by atoms with E-state index in [4.69, 9.17) is 9.94 Å². The molecule has 56 valence electrons. The molecule has 5 nitrogen and oxygen atoms in total. The predicted octanol–water partition coefficient (Wildman–Crippen LogP) is -0.691. The second kappa shape index (κ2) is 2.66. The maximum atomic E-state index is 10.5. The van der Waals surface area contributed by atoms with Gasteiger partial charge in [-0.2, -0.15) is 0 Å². The number of nitrogens with one attached hydrogen (secondary N) is 1. The van der Waals surface area contributed by atoms with Gasteiger partial charge in [0.2, 0.25) is 0 Å². The Balaban J connectivity index is 2.51. The highest BCUT2D eigenvalue weighted by atomic mass is 16.5. The number of hydrogen-bond donors (Lipinski definition) is 2. The van der Waals surface area contributed by atoms with Crippen LogP contribution in [-0.2, 0) is 9.53 Å². The molecule has 0 saturated heterocycles. The second-order valence-electron chi connectivity index (χ2n) is 2.02. The summed E-state index contributed by atoms with van der Waals surface area (Å²) in [5.74, 6) is -0.737. The van der Waals surface area contributed by atoms with Crippen LogP contribution in [0.4, 0.5) is 0 Å². The smallest absolute Gasteiger partial charge is 0.329 e. The molecule has 0 aromatic carbocycles. The molecule has 1 aliphatic heterocycles. The first kappa shape index (κ1) is 7.01. The average Bonchev–Trinajstić information content (AvgIpc) is 2.34. The van der Waals surface area contributed by atoms with Crippen molar-refractivity contribution in [2.24, 2.45) is 4.99 Å². The molecule has 1 aliphatic rings. The van der Waals surface area contributed by atoms with E-state index in [1.807, 2.05) is 0 Å². The highest BCUT2D eigenvalue weighted by Crippen LogP contribution is 2.02. The monoisotopic (exact) mass is 144 g/mol. The summed E-state index contributed by atoms with van der Waals surface area (Å²) in [5.41, 5.74) is 1.43. The molecule has 10 heavy (non-hydrogen) atoms. The summed E-state index contributed by atoms with van der Waals surface area (Å²) in [6, 6.07) is 0. The minimum absolute atomic E-state index is 0.0463. The Kier molecular flexibility index (Phi) is 1.86. The van der Waals surface area contributed by atoms with Crippen molar-refractivity contribution in [2.75, 3.05) is 6.54 Å². The van der Waals surface area contributed by atoms with Crippen molar-refractivity contribution >= 4 is 11.8 Å². The minimum Gasteiger partial charge on any atom is -0.469 e. The van der Waals surface area contributed by atoms with E-state index in [9.17, 15) is 4.79 Å². The van der Waals surface area contributed by atoms with Gasteiger partial charge in [0, 0.05) is 0 Å². The number of amides is 1. The Morgan fingerprint density at radius 2 is 2.70 bits per heavy atom. The van der Waals surface area contributed by atoms with Crippen molar-refractivity contribution < 1.29 is 14.7 Å². The van der Waals surface area contributed by atoms with Crippen LogP contribution in [0, 0.1) is 0 Å². The van der Waals surface area contributed by atoms with E-state index in [1.54, 1.807) is 6.92 Å². The predicted molar refractivity (Wildman–Crippen MR) is 32.8 cm³/mol. The third-order valence-electron chi connectivity index (χ3n) is 1.10. The third-order valence-corrected chi connectivity index (χ3v) is 1.10. The zero-order valence-electron chi connectivity index (χ0n) is 5.50. The topological polar surface area (TPSA) is 70.9 Å². The van der Waals surface area contributed by atoms with Crippen molar-refractivity contribution in [3.63, 3.8) is 0 Å². The largest absolute Gasteiger partial charge is 0.469 e. The van der Waals surface area contributed by atoms with Gasteiger partial charge in [-0.15, -0.1) is 0 Å². The first-order chi connectivity index (χ1) is 4.74. The highest BCUT2D eigenvalue weighted by molar-refractivity contribution is 6.35. The normalized spacial score (nSPS) is 23.4. The molecule has 5 heteroatoms. The van der Waals surface area contributed by atoms with E-state index in [0.29, 0.717) is 6.54 Å². The van der Waals surface area contributed by atoms with Crippen LogP contribution in [0.1, 0.15) is 6.92 Å². The molecule has 0 bridgehead atoms. The first-order valence-electron chi connectivity index (χ1n) is 2.89. The molecule has 0 fully saturated rings.